The molecule has 0 aliphatic rings. The van der Waals surface area contributed by atoms with Gasteiger partial charge in [0.2, 0.25) is 5.91 Å². The summed E-state index contributed by atoms with van der Waals surface area (Å²) in [6, 6.07) is 5.89. The van der Waals surface area contributed by atoms with Crippen LogP contribution in [0.15, 0.2) is 18.2 Å². The minimum Gasteiger partial charge on any atom is -0.359 e. The van der Waals surface area contributed by atoms with Crippen LogP contribution in [0, 0.1) is 5.92 Å². The number of carbonyl (C=O) groups is 2. The molecular formula is C17H27N3O2. The Labute approximate surface area is 133 Å². The molecule has 1 atom stereocenters. The van der Waals surface area contributed by atoms with E-state index in [1.807, 2.05) is 18.2 Å². The molecular weight excluding hydrogens is 278 g/mol. The van der Waals surface area contributed by atoms with Crippen LogP contribution in [-0.2, 0) is 17.6 Å². The van der Waals surface area contributed by atoms with Crippen LogP contribution in [0.4, 0.5) is 10.5 Å². The van der Waals surface area contributed by atoms with Gasteiger partial charge in [0, 0.05) is 26.3 Å². The molecule has 5 nitrogen and oxygen atoms in total. The number of rotatable bonds is 6. The lowest BCUT2D eigenvalue weighted by molar-refractivity contribution is -0.124. The minimum atomic E-state index is -0.243. The van der Waals surface area contributed by atoms with Gasteiger partial charge in [0.05, 0.1) is 5.92 Å². The van der Waals surface area contributed by atoms with E-state index < -0.39 is 0 Å². The largest absolute Gasteiger partial charge is 0.359 e. The molecule has 3 amide bonds. The van der Waals surface area contributed by atoms with Crippen molar-refractivity contribution in [2.75, 3.05) is 26.0 Å². The quantitative estimate of drug-likeness (QED) is 0.849. The first-order chi connectivity index (χ1) is 10.4. The van der Waals surface area contributed by atoms with Gasteiger partial charge in [-0.05, 0) is 24.0 Å². The number of para-hydroxylation sites is 1. The van der Waals surface area contributed by atoms with Gasteiger partial charge in [-0.1, -0.05) is 39.0 Å². The van der Waals surface area contributed by atoms with Crippen molar-refractivity contribution in [2.45, 2.75) is 33.6 Å². The Morgan fingerprint density at radius 3 is 2.18 bits per heavy atom. The molecule has 0 aliphatic heterocycles. The maximum absolute atomic E-state index is 12.4. The highest BCUT2D eigenvalue weighted by Crippen LogP contribution is 2.23. The molecule has 122 valence electrons. The summed E-state index contributed by atoms with van der Waals surface area (Å²) in [6.45, 7) is 6.32. The topological polar surface area (TPSA) is 61.4 Å². The highest BCUT2D eigenvalue weighted by Gasteiger charge is 2.18. The monoisotopic (exact) mass is 305 g/mol. The fourth-order valence-corrected chi connectivity index (χ4v) is 2.43. The number of benzene rings is 1. The molecule has 0 spiro atoms. The second kappa shape index (κ2) is 8.41. The maximum Gasteiger partial charge on any atom is 0.321 e. The predicted octanol–water partition coefficient (Wildman–Crippen LogP) is 2.66. The van der Waals surface area contributed by atoms with E-state index in [2.05, 4.69) is 24.5 Å². The Morgan fingerprint density at radius 2 is 1.73 bits per heavy atom. The lowest BCUT2D eigenvalue weighted by Crippen LogP contribution is -2.39. The Morgan fingerprint density at radius 1 is 1.18 bits per heavy atom. The van der Waals surface area contributed by atoms with Crippen molar-refractivity contribution in [2.24, 2.45) is 5.92 Å². The maximum atomic E-state index is 12.4. The second-order valence-corrected chi connectivity index (χ2v) is 5.48. The summed E-state index contributed by atoms with van der Waals surface area (Å²) in [5.74, 6) is -0.310. The first kappa shape index (κ1) is 18.0. The zero-order valence-electron chi connectivity index (χ0n) is 14.2. The highest BCUT2D eigenvalue weighted by molar-refractivity contribution is 5.91. The first-order valence-corrected chi connectivity index (χ1v) is 7.78. The third-order valence-electron chi connectivity index (χ3n) is 3.82. The zero-order chi connectivity index (χ0) is 16.7. The number of aryl methyl sites for hydroxylation is 2. The van der Waals surface area contributed by atoms with Crippen molar-refractivity contribution in [3.63, 3.8) is 0 Å². The number of anilines is 1. The van der Waals surface area contributed by atoms with Crippen LogP contribution in [0.2, 0.25) is 0 Å². The summed E-state index contributed by atoms with van der Waals surface area (Å²) in [6.07, 6.45) is 1.73. The molecule has 0 fully saturated rings. The molecule has 0 radical (unpaired) electrons. The molecule has 0 bridgehead atoms. The number of amides is 3. The molecule has 0 saturated heterocycles. The predicted molar refractivity (Wildman–Crippen MR) is 90.1 cm³/mol. The van der Waals surface area contributed by atoms with Gasteiger partial charge in [0.1, 0.15) is 0 Å². The van der Waals surface area contributed by atoms with Gasteiger partial charge in [0.15, 0.2) is 0 Å². The number of hydrogen-bond acceptors (Lipinski definition) is 2. The smallest absolute Gasteiger partial charge is 0.321 e. The molecule has 0 unspecified atom stereocenters. The van der Waals surface area contributed by atoms with E-state index >= 15 is 0 Å². The Hall–Kier alpha value is -2.04. The summed E-state index contributed by atoms with van der Waals surface area (Å²) in [4.78, 5) is 25.5. The molecule has 2 N–H and O–H groups in total. The van der Waals surface area contributed by atoms with Crippen LogP contribution < -0.4 is 10.6 Å². The lowest BCUT2D eigenvalue weighted by atomic mass is 10.0. The number of carbonyl (C=O) groups excluding carboxylic acids is 2. The van der Waals surface area contributed by atoms with Gasteiger partial charge in [-0.2, -0.15) is 0 Å². The standard InChI is InChI=1S/C17H27N3O2/c1-6-13-9-8-10-14(7-2)15(13)19-17(22)20(5)11-12(3)16(21)18-4/h8-10,12H,6-7,11H2,1-5H3,(H,18,21)(H,19,22)/t12-/m1/s1. The van der Waals surface area contributed by atoms with Gasteiger partial charge in [-0.15, -0.1) is 0 Å². The van der Waals surface area contributed by atoms with E-state index in [9.17, 15) is 9.59 Å². The highest BCUT2D eigenvalue weighted by atomic mass is 16.2. The molecule has 0 heterocycles. The second-order valence-electron chi connectivity index (χ2n) is 5.48. The summed E-state index contributed by atoms with van der Waals surface area (Å²) < 4.78 is 0. The Kier molecular flexibility index (Phi) is 6.89. The van der Waals surface area contributed by atoms with Gasteiger partial charge in [-0.25, -0.2) is 4.79 Å². The fraction of sp³-hybridized carbons (Fsp3) is 0.529. The van der Waals surface area contributed by atoms with Crippen molar-refractivity contribution in [3.05, 3.63) is 29.3 Å². The van der Waals surface area contributed by atoms with Crippen LogP contribution >= 0.6 is 0 Å². The third-order valence-corrected chi connectivity index (χ3v) is 3.82. The Balaban J connectivity index is 2.82. The van der Waals surface area contributed by atoms with Gasteiger partial charge in [0.25, 0.3) is 0 Å². The SMILES string of the molecule is CCc1cccc(CC)c1NC(=O)N(C)C[C@@H](C)C(=O)NC. The van der Waals surface area contributed by atoms with Crippen LogP contribution in [-0.4, -0.2) is 37.5 Å². The average molecular weight is 305 g/mol. The summed E-state index contributed by atoms with van der Waals surface area (Å²) in [5.41, 5.74) is 3.15. The van der Waals surface area contributed by atoms with Crippen LogP contribution in [0.25, 0.3) is 0 Å². The van der Waals surface area contributed by atoms with Crippen LogP contribution in [0.1, 0.15) is 31.9 Å². The van der Waals surface area contributed by atoms with E-state index in [0.29, 0.717) is 6.54 Å². The molecule has 1 rings (SSSR count). The Bertz CT molecular complexity index is 506. The average Bonchev–Trinajstić information content (AvgIpc) is 2.53. The lowest BCUT2D eigenvalue weighted by Gasteiger charge is -2.23. The van der Waals surface area contributed by atoms with Crippen molar-refractivity contribution in [3.8, 4) is 0 Å². The normalized spacial score (nSPS) is 11.7. The van der Waals surface area contributed by atoms with Crippen molar-refractivity contribution >= 4 is 17.6 Å². The van der Waals surface area contributed by atoms with E-state index in [0.717, 1.165) is 29.7 Å². The van der Waals surface area contributed by atoms with Gasteiger partial charge >= 0.3 is 6.03 Å². The number of nitrogens with one attached hydrogen (secondary N) is 2. The van der Waals surface area contributed by atoms with Crippen molar-refractivity contribution in [1.82, 2.24) is 10.2 Å². The van der Waals surface area contributed by atoms with Crippen molar-refractivity contribution < 1.29 is 9.59 Å². The van der Waals surface area contributed by atoms with Crippen LogP contribution in [0.5, 0.6) is 0 Å². The van der Waals surface area contributed by atoms with Crippen LogP contribution in [0.3, 0.4) is 0 Å². The van der Waals surface area contributed by atoms with Gasteiger partial charge < -0.3 is 15.5 Å². The molecule has 0 aliphatic carbocycles. The third kappa shape index (κ3) is 4.48. The van der Waals surface area contributed by atoms with Gasteiger partial charge in [-0.3, -0.25) is 4.79 Å². The number of urea groups is 1. The minimum absolute atomic E-state index is 0.0668. The number of nitrogens with zero attached hydrogens (tertiary/aromatic N) is 1. The summed E-state index contributed by atoms with van der Waals surface area (Å²) in [7, 11) is 3.30. The van der Waals surface area contributed by atoms with Crippen molar-refractivity contribution in [1.29, 1.82) is 0 Å². The zero-order valence-corrected chi connectivity index (χ0v) is 14.2. The molecule has 1 aromatic rings. The van der Waals surface area contributed by atoms with E-state index in [4.69, 9.17) is 0 Å². The van der Waals surface area contributed by atoms with E-state index in [-0.39, 0.29) is 17.9 Å². The first-order valence-electron chi connectivity index (χ1n) is 7.78. The molecule has 5 heteroatoms. The molecule has 0 saturated carbocycles. The number of hydrogen-bond donors (Lipinski definition) is 2. The van der Waals surface area contributed by atoms with E-state index in [1.54, 1.807) is 25.9 Å². The molecule has 22 heavy (non-hydrogen) atoms. The molecule has 1 aromatic carbocycles. The summed E-state index contributed by atoms with van der Waals surface area (Å²) >= 11 is 0. The van der Waals surface area contributed by atoms with E-state index in [1.165, 1.54) is 0 Å². The molecule has 0 aromatic heterocycles. The fourth-order valence-electron chi connectivity index (χ4n) is 2.43. The summed E-state index contributed by atoms with van der Waals surface area (Å²) in [5, 5.41) is 5.60.